The van der Waals surface area contributed by atoms with E-state index >= 15 is 0 Å². The predicted molar refractivity (Wildman–Crippen MR) is 88.3 cm³/mol. The van der Waals surface area contributed by atoms with E-state index in [4.69, 9.17) is 9.26 Å². The zero-order chi connectivity index (χ0) is 17.2. The molecule has 3 aromatic rings. The maximum absolute atomic E-state index is 13.2. The molecule has 1 aliphatic heterocycles. The van der Waals surface area contributed by atoms with Crippen molar-refractivity contribution in [3.8, 4) is 0 Å². The van der Waals surface area contributed by atoms with Gasteiger partial charge in [-0.2, -0.15) is 4.98 Å². The monoisotopic (exact) mass is 345 g/mol. The van der Waals surface area contributed by atoms with Gasteiger partial charge in [-0.1, -0.05) is 5.16 Å². The van der Waals surface area contributed by atoms with Gasteiger partial charge in [-0.15, -0.1) is 0 Å². The molecule has 8 heteroatoms. The number of ether oxygens (including phenoxy) is 1. The smallest absolute Gasteiger partial charge is 0.255 e. The molecule has 0 saturated carbocycles. The van der Waals surface area contributed by atoms with Crippen molar-refractivity contribution in [3.05, 3.63) is 41.6 Å². The number of likely N-dealkylation sites (N-methyl/N-ethyl adjacent to an activating group) is 1. The first kappa shape index (κ1) is 16.2. The topological polar surface area (TPSA) is 80.1 Å². The molecule has 0 amide bonds. The fraction of sp³-hybridized carbons (Fsp3) is 0.471. The summed E-state index contributed by atoms with van der Waals surface area (Å²) in [6.45, 7) is 2.11. The molecule has 1 atom stereocenters. The molecule has 0 radical (unpaired) electrons. The Labute approximate surface area is 144 Å². The van der Waals surface area contributed by atoms with Crippen molar-refractivity contribution in [1.82, 2.24) is 25.0 Å². The summed E-state index contributed by atoms with van der Waals surface area (Å²) in [4.78, 5) is 14.1. The number of halogens is 1. The fourth-order valence-corrected chi connectivity index (χ4v) is 3.01. The van der Waals surface area contributed by atoms with Crippen molar-refractivity contribution in [2.75, 3.05) is 20.2 Å². The maximum Gasteiger partial charge on any atom is 0.255 e. The largest absolute Gasteiger partial charge is 0.368 e. The summed E-state index contributed by atoms with van der Waals surface area (Å²) in [6.07, 6.45) is 2.64. The molecular formula is C17H20FN5O2. The lowest BCUT2D eigenvalue weighted by Gasteiger charge is -2.12. The number of aromatic nitrogens is 4. The van der Waals surface area contributed by atoms with Crippen LogP contribution < -0.4 is 0 Å². The Morgan fingerprint density at radius 2 is 2.28 bits per heavy atom. The molecule has 1 aliphatic rings. The van der Waals surface area contributed by atoms with Crippen molar-refractivity contribution in [2.45, 2.75) is 31.9 Å². The first-order chi connectivity index (χ1) is 12.2. The number of hydrogen-bond acceptors (Lipinski definition) is 6. The van der Waals surface area contributed by atoms with Gasteiger partial charge in [0.05, 0.1) is 17.6 Å². The Hall–Kier alpha value is -2.32. The summed E-state index contributed by atoms with van der Waals surface area (Å²) in [5, 5.41) is 4.03. The normalized spacial score (nSPS) is 17.8. The van der Waals surface area contributed by atoms with Gasteiger partial charge in [-0.05, 0) is 38.1 Å². The van der Waals surface area contributed by atoms with Crippen molar-refractivity contribution < 1.29 is 13.7 Å². The Kier molecular flexibility index (Phi) is 4.46. The van der Waals surface area contributed by atoms with Gasteiger partial charge in [0.2, 0.25) is 0 Å². The number of H-pyrrole nitrogens is 1. The number of fused-ring (bicyclic) bond motifs is 1. The Balaban J connectivity index is 1.33. The second kappa shape index (κ2) is 6.89. The zero-order valence-corrected chi connectivity index (χ0v) is 14.0. The van der Waals surface area contributed by atoms with Crippen LogP contribution >= 0.6 is 0 Å². The van der Waals surface area contributed by atoms with Crippen LogP contribution in [0.25, 0.3) is 11.0 Å². The zero-order valence-electron chi connectivity index (χ0n) is 14.0. The first-order valence-corrected chi connectivity index (χ1v) is 8.44. The van der Waals surface area contributed by atoms with Gasteiger partial charge in [0.25, 0.3) is 5.89 Å². The Bertz CT molecular complexity index is 856. The lowest BCUT2D eigenvalue weighted by atomic mass is 10.2. The first-order valence-electron chi connectivity index (χ1n) is 8.44. The Morgan fingerprint density at radius 3 is 3.12 bits per heavy atom. The van der Waals surface area contributed by atoms with Gasteiger partial charge in [-0.25, -0.2) is 9.37 Å². The van der Waals surface area contributed by atoms with E-state index in [2.05, 4.69) is 25.0 Å². The molecule has 1 aromatic carbocycles. The average Bonchev–Trinajstić information content (AvgIpc) is 3.32. The van der Waals surface area contributed by atoms with E-state index in [1.807, 2.05) is 7.05 Å². The molecule has 1 fully saturated rings. The van der Waals surface area contributed by atoms with E-state index in [1.165, 1.54) is 12.1 Å². The molecule has 0 bridgehead atoms. The lowest BCUT2D eigenvalue weighted by Crippen LogP contribution is -2.21. The summed E-state index contributed by atoms with van der Waals surface area (Å²) < 4.78 is 24.1. The second-order valence-electron chi connectivity index (χ2n) is 6.38. The van der Waals surface area contributed by atoms with Gasteiger partial charge in [0, 0.05) is 19.6 Å². The van der Waals surface area contributed by atoms with Crippen LogP contribution in [0.1, 0.15) is 36.5 Å². The van der Waals surface area contributed by atoms with E-state index in [1.54, 1.807) is 6.07 Å². The van der Waals surface area contributed by atoms with E-state index in [-0.39, 0.29) is 11.9 Å². The molecule has 132 valence electrons. The standard InChI is InChI=1S/C17H20FN5O2/c1-23(10-16-21-17(25-22-16)14-3-2-8-24-14)7-6-15-19-12-5-4-11(18)9-13(12)20-15/h4-5,9,14H,2-3,6-8,10H2,1H3,(H,19,20). The van der Waals surface area contributed by atoms with Crippen molar-refractivity contribution in [1.29, 1.82) is 0 Å². The third-order valence-electron chi connectivity index (χ3n) is 4.32. The van der Waals surface area contributed by atoms with Gasteiger partial charge in [0.15, 0.2) is 5.82 Å². The average molecular weight is 345 g/mol. The molecule has 1 unspecified atom stereocenters. The number of aromatic amines is 1. The molecule has 1 N–H and O–H groups in total. The molecule has 0 spiro atoms. The highest BCUT2D eigenvalue weighted by Gasteiger charge is 2.24. The molecule has 1 saturated heterocycles. The van der Waals surface area contributed by atoms with Crippen LogP contribution in [-0.4, -0.2) is 45.2 Å². The summed E-state index contributed by atoms with van der Waals surface area (Å²) in [6, 6.07) is 4.56. The molecule has 7 nitrogen and oxygen atoms in total. The minimum absolute atomic E-state index is 0.0532. The van der Waals surface area contributed by atoms with E-state index < -0.39 is 0 Å². The minimum atomic E-state index is -0.265. The SMILES string of the molecule is CN(CCc1nc2ccc(F)cc2[nH]1)Cc1noc(C2CCCO2)n1. The fourth-order valence-electron chi connectivity index (χ4n) is 3.01. The third kappa shape index (κ3) is 3.69. The molecule has 0 aliphatic carbocycles. The predicted octanol–water partition coefficient (Wildman–Crippen LogP) is 2.61. The molecule has 2 aromatic heterocycles. The van der Waals surface area contributed by atoms with Gasteiger partial charge in [-0.3, -0.25) is 4.90 Å². The molecule has 3 heterocycles. The number of imidazole rings is 1. The van der Waals surface area contributed by atoms with Crippen molar-refractivity contribution in [3.63, 3.8) is 0 Å². The van der Waals surface area contributed by atoms with E-state index in [0.717, 1.165) is 49.3 Å². The van der Waals surface area contributed by atoms with Gasteiger partial charge < -0.3 is 14.2 Å². The number of benzene rings is 1. The lowest BCUT2D eigenvalue weighted by molar-refractivity contribution is 0.0835. The second-order valence-corrected chi connectivity index (χ2v) is 6.38. The number of hydrogen-bond donors (Lipinski definition) is 1. The van der Waals surface area contributed by atoms with Crippen LogP contribution in [-0.2, 0) is 17.7 Å². The van der Waals surface area contributed by atoms with Gasteiger partial charge >= 0.3 is 0 Å². The van der Waals surface area contributed by atoms with Crippen molar-refractivity contribution >= 4 is 11.0 Å². The van der Waals surface area contributed by atoms with E-state index in [9.17, 15) is 4.39 Å². The highest BCUT2D eigenvalue weighted by atomic mass is 19.1. The van der Waals surface area contributed by atoms with Crippen molar-refractivity contribution in [2.24, 2.45) is 0 Å². The number of nitrogens with one attached hydrogen (secondary N) is 1. The quantitative estimate of drug-likeness (QED) is 0.740. The molecular weight excluding hydrogens is 325 g/mol. The minimum Gasteiger partial charge on any atom is -0.368 e. The van der Waals surface area contributed by atoms with Crippen LogP contribution in [0.4, 0.5) is 4.39 Å². The number of nitrogens with zero attached hydrogens (tertiary/aromatic N) is 4. The summed E-state index contributed by atoms with van der Waals surface area (Å²) >= 11 is 0. The summed E-state index contributed by atoms with van der Waals surface area (Å²) in [5.74, 6) is 1.79. The summed E-state index contributed by atoms with van der Waals surface area (Å²) in [7, 11) is 1.99. The van der Waals surface area contributed by atoms with Crippen LogP contribution in [0, 0.1) is 5.82 Å². The van der Waals surface area contributed by atoms with Crippen LogP contribution in [0.3, 0.4) is 0 Å². The Morgan fingerprint density at radius 1 is 1.36 bits per heavy atom. The highest BCUT2D eigenvalue weighted by molar-refractivity contribution is 5.74. The van der Waals surface area contributed by atoms with E-state index in [0.29, 0.717) is 18.3 Å². The summed E-state index contributed by atoms with van der Waals surface area (Å²) in [5.41, 5.74) is 1.50. The van der Waals surface area contributed by atoms with Crippen LogP contribution in [0.15, 0.2) is 22.7 Å². The van der Waals surface area contributed by atoms with Crippen LogP contribution in [0.2, 0.25) is 0 Å². The maximum atomic E-state index is 13.2. The third-order valence-corrected chi connectivity index (χ3v) is 4.32. The molecule has 4 rings (SSSR count). The number of rotatable bonds is 6. The van der Waals surface area contributed by atoms with Crippen LogP contribution in [0.5, 0.6) is 0 Å². The molecule has 25 heavy (non-hydrogen) atoms. The highest BCUT2D eigenvalue weighted by Crippen LogP contribution is 2.27. The van der Waals surface area contributed by atoms with Gasteiger partial charge in [0.1, 0.15) is 17.7 Å².